The van der Waals surface area contributed by atoms with Gasteiger partial charge in [-0.25, -0.2) is 13.2 Å². The average Bonchev–Trinajstić information content (AvgIpc) is 3.28. The van der Waals surface area contributed by atoms with Crippen molar-refractivity contribution in [2.24, 2.45) is 0 Å². The molecule has 1 heterocycles. The quantitative estimate of drug-likeness (QED) is 0.276. The summed E-state index contributed by atoms with van der Waals surface area (Å²) in [6.07, 6.45) is -0.416. The van der Waals surface area contributed by atoms with Crippen molar-refractivity contribution in [2.75, 3.05) is 24.5 Å². The van der Waals surface area contributed by atoms with Crippen molar-refractivity contribution in [3.05, 3.63) is 28.3 Å². The Hall–Kier alpha value is -3.26. The van der Waals surface area contributed by atoms with Crippen LogP contribution < -0.4 is 10.2 Å². The molecule has 34 heavy (non-hydrogen) atoms. The summed E-state index contributed by atoms with van der Waals surface area (Å²) in [5, 5.41) is 31.9. The number of rotatable bonds is 12. The van der Waals surface area contributed by atoms with E-state index in [1.54, 1.807) is 4.90 Å². The predicted molar refractivity (Wildman–Crippen MR) is 120 cm³/mol. The largest absolute Gasteiger partial charge is 0.481 e. The minimum Gasteiger partial charge on any atom is -0.481 e. The van der Waals surface area contributed by atoms with E-state index in [0.717, 1.165) is 10.4 Å². The summed E-state index contributed by atoms with van der Waals surface area (Å²) in [5.74, 6) is -3.54. The Labute approximate surface area is 196 Å². The number of carbonyl (C=O) groups is 3. The zero-order valence-electron chi connectivity index (χ0n) is 18.8. The molecule has 14 heteroatoms. The summed E-state index contributed by atoms with van der Waals surface area (Å²) < 4.78 is 27.5. The van der Waals surface area contributed by atoms with Gasteiger partial charge in [0.1, 0.15) is 17.8 Å². The lowest BCUT2D eigenvalue weighted by atomic mass is 10.1. The molecule has 188 valence electrons. The number of nitro benzene ring substituents is 1. The lowest BCUT2D eigenvalue weighted by Gasteiger charge is -2.25. The van der Waals surface area contributed by atoms with Crippen LogP contribution in [0.4, 0.5) is 11.4 Å². The number of hydrogen-bond donors (Lipinski definition) is 3. The maximum atomic E-state index is 13.3. The number of sulfonamides is 1. The molecular weight excluding hydrogens is 472 g/mol. The third-order valence-electron chi connectivity index (χ3n) is 5.62. The van der Waals surface area contributed by atoms with Crippen LogP contribution in [-0.2, 0) is 24.4 Å². The number of aliphatic carboxylic acids is 2. The van der Waals surface area contributed by atoms with Gasteiger partial charge in [0, 0.05) is 32.1 Å². The van der Waals surface area contributed by atoms with Gasteiger partial charge in [-0.15, -0.1) is 0 Å². The predicted octanol–water partition coefficient (Wildman–Crippen LogP) is 1.03. The lowest BCUT2D eigenvalue weighted by molar-refractivity contribution is -0.384. The van der Waals surface area contributed by atoms with E-state index >= 15 is 0 Å². The number of nitrogens with one attached hydrogen (secondary N) is 1. The Morgan fingerprint density at radius 2 is 1.91 bits per heavy atom. The number of amides is 1. The summed E-state index contributed by atoms with van der Waals surface area (Å²) in [6, 6.07) is 0.843. The standard InChI is InChI=1S/C20H28N4O9S/c1-3-22(4-2)15-9-7-13(12-17(15)24(30)31)34(32,33)23-11-5-6-16(23)19(27)21-14(20(28)29)8-10-18(25)26/h7,9,12,14,16H,3-6,8,10-11H2,1-2H3,(H,21,27)(H,25,26)(H,28,29). The van der Waals surface area contributed by atoms with Crippen LogP contribution in [0.5, 0.6) is 0 Å². The van der Waals surface area contributed by atoms with Crippen LogP contribution in [0.1, 0.15) is 39.5 Å². The minimum atomic E-state index is -4.32. The molecule has 1 amide bonds. The second kappa shape index (κ2) is 11.2. The molecule has 1 fully saturated rings. The third kappa shape index (κ3) is 5.99. The summed E-state index contributed by atoms with van der Waals surface area (Å²) in [6.45, 7) is 4.55. The fourth-order valence-corrected chi connectivity index (χ4v) is 5.54. The SMILES string of the molecule is CCN(CC)c1ccc(S(=O)(=O)N2CCCC2C(=O)NC(CCC(=O)O)C(=O)O)cc1[N+](=O)[O-]. The lowest BCUT2D eigenvalue weighted by Crippen LogP contribution is -2.50. The second-order valence-electron chi connectivity index (χ2n) is 7.69. The van der Waals surface area contributed by atoms with E-state index in [9.17, 15) is 38.0 Å². The zero-order chi connectivity index (χ0) is 25.6. The molecule has 1 aliphatic heterocycles. The van der Waals surface area contributed by atoms with Gasteiger partial charge in [-0.2, -0.15) is 4.31 Å². The molecule has 0 saturated carbocycles. The minimum absolute atomic E-state index is 0.0289. The highest BCUT2D eigenvalue weighted by Crippen LogP contribution is 2.33. The van der Waals surface area contributed by atoms with E-state index in [1.165, 1.54) is 12.1 Å². The molecule has 0 radical (unpaired) electrons. The first kappa shape index (κ1) is 27.0. The molecular formula is C20H28N4O9S. The fourth-order valence-electron chi connectivity index (χ4n) is 3.86. The molecule has 1 aromatic carbocycles. The van der Waals surface area contributed by atoms with E-state index in [4.69, 9.17) is 5.11 Å². The van der Waals surface area contributed by atoms with Crippen LogP contribution in [0.3, 0.4) is 0 Å². The van der Waals surface area contributed by atoms with Crippen molar-refractivity contribution in [1.82, 2.24) is 9.62 Å². The monoisotopic (exact) mass is 500 g/mol. The normalized spacial score (nSPS) is 17.2. The third-order valence-corrected chi connectivity index (χ3v) is 7.53. The van der Waals surface area contributed by atoms with Crippen LogP contribution in [-0.4, -0.2) is 77.4 Å². The van der Waals surface area contributed by atoms with Gasteiger partial charge < -0.3 is 20.4 Å². The van der Waals surface area contributed by atoms with Crippen LogP contribution in [0.2, 0.25) is 0 Å². The molecule has 1 aromatic rings. The first-order valence-corrected chi connectivity index (χ1v) is 12.2. The number of hydrogen-bond acceptors (Lipinski definition) is 8. The second-order valence-corrected chi connectivity index (χ2v) is 9.58. The van der Waals surface area contributed by atoms with Gasteiger partial charge in [0.2, 0.25) is 15.9 Å². The van der Waals surface area contributed by atoms with Crippen LogP contribution >= 0.6 is 0 Å². The van der Waals surface area contributed by atoms with E-state index in [0.29, 0.717) is 19.5 Å². The molecule has 1 aliphatic rings. The molecule has 13 nitrogen and oxygen atoms in total. The average molecular weight is 501 g/mol. The number of nitrogens with zero attached hydrogens (tertiary/aromatic N) is 3. The smallest absolute Gasteiger partial charge is 0.326 e. The van der Waals surface area contributed by atoms with Gasteiger partial charge in [0.25, 0.3) is 5.69 Å². The van der Waals surface area contributed by atoms with Gasteiger partial charge in [-0.1, -0.05) is 0 Å². The number of benzene rings is 1. The molecule has 0 aliphatic carbocycles. The molecule has 2 unspecified atom stereocenters. The highest BCUT2D eigenvalue weighted by molar-refractivity contribution is 7.89. The molecule has 2 atom stereocenters. The van der Waals surface area contributed by atoms with E-state index in [2.05, 4.69) is 5.32 Å². The number of carboxylic acid groups (broad SMARTS) is 2. The summed E-state index contributed by atoms with van der Waals surface area (Å²) >= 11 is 0. The number of carboxylic acids is 2. The molecule has 2 rings (SSSR count). The summed E-state index contributed by atoms with van der Waals surface area (Å²) in [5.41, 5.74) is -0.114. The van der Waals surface area contributed by atoms with E-state index < -0.39 is 51.3 Å². The van der Waals surface area contributed by atoms with Crippen molar-refractivity contribution < 1.29 is 37.9 Å². The molecule has 1 saturated heterocycles. The number of carbonyl (C=O) groups excluding carboxylic acids is 1. The number of anilines is 1. The van der Waals surface area contributed by atoms with Gasteiger partial charge >= 0.3 is 11.9 Å². The van der Waals surface area contributed by atoms with E-state index in [1.807, 2.05) is 13.8 Å². The van der Waals surface area contributed by atoms with Crippen LogP contribution in [0.25, 0.3) is 0 Å². The molecule has 0 bridgehead atoms. The van der Waals surface area contributed by atoms with Crippen molar-refractivity contribution >= 4 is 39.2 Å². The van der Waals surface area contributed by atoms with Crippen molar-refractivity contribution in [1.29, 1.82) is 0 Å². The molecule has 0 spiro atoms. The van der Waals surface area contributed by atoms with Crippen LogP contribution in [0, 0.1) is 10.1 Å². The Morgan fingerprint density at radius 3 is 2.44 bits per heavy atom. The summed E-state index contributed by atoms with van der Waals surface area (Å²) in [4.78, 5) is 47.2. The molecule has 3 N–H and O–H groups in total. The van der Waals surface area contributed by atoms with E-state index in [-0.39, 0.29) is 35.7 Å². The fraction of sp³-hybridized carbons (Fsp3) is 0.550. The number of nitro groups is 1. The van der Waals surface area contributed by atoms with Gasteiger partial charge in [0.15, 0.2) is 0 Å². The van der Waals surface area contributed by atoms with Gasteiger partial charge in [-0.05, 0) is 45.2 Å². The highest BCUT2D eigenvalue weighted by Gasteiger charge is 2.41. The molecule has 0 aromatic heterocycles. The zero-order valence-corrected chi connectivity index (χ0v) is 19.7. The maximum Gasteiger partial charge on any atom is 0.326 e. The van der Waals surface area contributed by atoms with Crippen molar-refractivity contribution in [3.8, 4) is 0 Å². The van der Waals surface area contributed by atoms with Gasteiger partial charge in [0.05, 0.1) is 9.82 Å². The topological polar surface area (TPSA) is 187 Å². The first-order chi connectivity index (χ1) is 15.9. The van der Waals surface area contributed by atoms with Crippen molar-refractivity contribution in [2.45, 2.75) is 56.5 Å². The Morgan fingerprint density at radius 1 is 1.26 bits per heavy atom. The van der Waals surface area contributed by atoms with Crippen molar-refractivity contribution in [3.63, 3.8) is 0 Å². The maximum absolute atomic E-state index is 13.3. The van der Waals surface area contributed by atoms with Crippen LogP contribution in [0.15, 0.2) is 23.1 Å². The van der Waals surface area contributed by atoms with Gasteiger partial charge in [-0.3, -0.25) is 19.7 Å². The highest BCUT2D eigenvalue weighted by atomic mass is 32.2. The Kier molecular flexibility index (Phi) is 8.93. The first-order valence-electron chi connectivity index (χ1n) is 10.7. The summed E-state index contributed by atoms with van der Waals surface area (Å²) in [7, 11) is -4.32. The Bertz CT molecular complexity index is 1060. The Balaban J connectivity index is 2.34.